The zero-order valence-electron chi connectivity index (χ0n) is 40.2. The fourth-order valence-electron chi connectivity index (χ4n) is 14.6. The van der Waals surface area contributed by atoms with Gasteiger partial charge >= 0.3 is 11.9 Å². The Morgan fingerprint density at radius 3 is 1.94 bits per heavy atom. The Hall–Kier alpha value is -1.92. The average molecular weight is 969 g/mol. The van der Waals surface area contributed by atoms with E-state index in [9.17, 15) is 45.3 Å². The van der Waals surface area contributed by atoms with Crippen molar-refractivity contribution in [3.8, 4) is 0 Å². The molecule has 4 saturated heterocycles. The molecule has 19 nitrogen and oxygen atoms in total. The van der Waals surface area contributed by atoms with Gasteiger partial charge in [-0.25, -0.2) is 4.79 Å². The molecule has 68 heavy (non-hydrogen) atoms. The van der Waals surface area contributed by atoms with E-state index in [2.05, 4.69) is 13.8 Å². The molecular weight excluding hydrogens is 893 g/mol. The Labute approximate surface area is 398 Å². The van der Waals surface area contributed by atoms with E-state index in [-0.39, 0.29) is 54.0 Å². The van der Waals surface area contributed by atoms with Crippen LogP contribution in [0.2, 0.25) is 0 Å². The van der Waals surface area contributed by atoms with Gasteiger partial charge in [-0.05, 0) is 113 Å². The number of fused-ring (bicyclic) bond motifs is 5. The summed E-state index contributed by atoms with van der Waals surface area (Å²) in [4.78, 5) is 24.2. The van der Waals surface area contributed by atoms with E-state index in [1.165, 1.54) is 6.92 Å². The third-order valence-electron chi connectivity index (χ3n) is 18.3. The molecule has 0 aromatic rings. The van der Waals surface area contributed by atoms with Crippen molar-refractivity contribution in [2.45, 2.75) is 235 Å². The lowest BCUT2D eigenvalue weighted by molar-refractivity contribution is -0.355. The summed E-state index contributed by atoms with van der Waals surface area (Å²) in [7, 11) is 0. The van der Waals surface area contributed by atoms with Gasteiger partial charge in [0, 0.05) is 37.7 Å². The molecule has 7 N–H and O–H groups in total. The summed E-state index contributed by atoms with van der Waals surface area (Å²) in [6.07, 6.45) is -7.65. The van der Waals surface area contributed by atoms with Crippen LogP contribution in [-0.4, -0.2) is 177 Å². The summed E-state index contributed by atoms with van der Waals surface area (Å²) in [6, 6.07) is 0. The second kappa shape index (κ2) is 19.8. The van der Waals surface area contributed by atoms with Crippen molar-refractivity contribution in [2.75, 3.05) is 13.2 Å². The second-order valence-corrected chi connectivity index (χ2v) is 22.1. The number of aliphatic hydroxyl groups excluding tert-OH is 6. The third kappa shape index (κ3) is 9.36. The van der Waals surface area contributed by atoms with E-state index >= 15 is 0 Å². The van der Waals surface area contributed by atoms with Gasteiger partial charge in [0.1, 0.15) is 55.4 Å². The van der Waals surface area contributed by atoms with Crippen LogP contribution in [0.25, 0.3) is 0 Å². The fraction of sp³-hybridized carbons (Fsp3) is 0.918. The molecule has 8 fully saturated rings. The van der Waals surface area contributed by atoms with Crippen LogP contribution in [0, 0.1) is 34.5 Å². The predicted molar refractivity (Wildman–Crippen MR) is 233 cm³/mol. The maximum Gasteiger partial charge on any atom is 0.331 e. The standard InChI is InChI=1S/C49H76O19/c1-22-43(66-38-18-33(53)44(23(2)61-38)67-39-19-34(63-25(4)51)45(24(3)62-39)68-46-42(57)41(56)40(55)35(20-50)65-46)32(52)17-37(60-22)64-28-9-12-47(5)27(16-28)7-8-31-30(47)10-13-48(6)29(11-14-49(31,48)58)26-15-36(54)59-21-26/h15,22-24,27-35,37-46,50,52-53,55-58H,7-14,16-21H2,1-6H3/t22?,23?,24?,27?,28?,29?,30-,31+,32?,33?,34?,35?,37?,38?,39?,40?,41?,42?,43?,44?,45?,46?,47?,48?,49?/m0/s1. The molecule has 0 aromatic heterocycles. The van der Waals surface area contributed by atoms with Gasteiger partial charge in [0.2, 0.25) is 0 Å². The topological polar surface area (TPSA) is 268 Å². The van der Waals surface area contributed by atoms with Crippen LogP contribution in [0.15, 0.2) is 11.6 Å². The van der Waals surface area contributed by atoms with Crippen LogP contribution < -0.4 is 0 Å². The van der Waals surface area contributed by atoms with Gasteiger partial charge in [-0.3, -0.25) is 4.79 Å². The highest BCUT2D eigenvalue weighted by molar-refractivity contribution is 5.85. The van der Waals surface area contributed by atoms with Crippen molar-refractivity contribution in [1.29, 1.82) is 0 Å². The van der Waals surface area contributed by atoms with Gasteiger partial charge in [-0.1, -0.05) is 13.8 Å². The molecule has 19 heteroatoms. The summed E-state index contributed by atoms with van der Waals surface area (Å²) in [5.41, 5.74) is 0.0925. The highest BCUT2D eigenvalue weighted by Crippen LogP contribution is 2.70. The molecular formula is C49H76O19. The minimum Gasteiger partial charge on any atom is -0.459 e. The summed E-state index contributed by atoms with van der Waals surface area (Å²) in [5.74, 6) is 0.357. The smallest absolute Gasteiger partial charge is 0.331 e. The van der Waals surface area contributed by atoms with Crippen molar-refractivity contribution in [3.05, 3.63) is 11.6 Å². The highest BCUT2D eigenvalue weighted by atomic mass is 16.8. The third-order valence-corrected chi connectivity index (χ3v) is 18.3. The predicted octanol–water partition coefficient (Wildman–Crippen LogP) is 1.64. The number of hydrogen-bond acceptors (Lipinski definition) is 19. The number of ether oxygens (including phenoxy) is 10. The van der Waals surface area contributed by atoms with Crippen molar-refractivity contribution in [1.82, 2.24) is 0 Å². The number of hydrogen-bond donors (Lipinski definition) is 7. The Morgan fingerprint density at radius 2 is 1.34 bits per heavy atom. The van der Waals surface area contributed by atoms with Crippen LogP contribution in [-0.2, 0) is 57.0 Å². The molecule has 0 spiro atoms. The van der Waals surface area contributed by atoms with Gasteiger partial charge in [0.05, 0.1) is 48.8 Å². The molecule has 0 radical (unpaired) electrons. The first kappa shape index (κ1) is 51.0. The molecule has 23 unspecified atom stereocenters. The van der Waals surface area contributed by atoms with Gasteiger partial charge in [-0.15, -0.1) is 0 Å². The maximum atomic E-state index is 12.6. The molecule has 25 atom stereocenters. The number of cyclic esters (lactones) is 1. The quantitative estimate of drug-likeness (QED) is 0.115. The fourth-order valence-corrected chi connectivity index (χ4v) is 14.6. The first-order valence-corrected chi connectivity index (χ1v) is 25.2. The maximum absolute atomic E-state index is 12.6. The Kier molecular flexibility index (Phi) is 14.9. The van der Waals surface area contributed by atoms with E-state index in [0.29, 0.717) is 18.4 Å². The number of carbonyl (C=O) groups excluding carboxylic acids is 2. The molecule has 386 valence electrons. The van der Waals surface area contributed by atoms with E-state index in [1.54, 1.807) is 19.9 Å². The van der Waals surface area contributed by atoms with Gasteiger partial charge in [-0.2, -0.15) is 0 Å². The largest absolute Gasteiger partial charge is 0.459 e. The zero-order valence-corrected chi connectivity index (χ0v) is 40.2. The number of esters is 2. The molecule has 0 bridgehead atoms. The van der Waals surface area contributed by atoms with Crippen molar-refractivity contribution < 1.29 is 92.7 Å². The molecule has 4 aliphatic carbocycles. The summed E-state index contributed by atoms with van der Waals surface area (Å²) in [5, 5.41) is 76.1. The minimum atomic E-state index is -1.68. The van der Waals surface area contributed by atoms with Crippen LogP contribution >= 0.6 is 0 Å². The molecule has 9 rings (SSSR count). The second-order valence-electron chi connectivity index (χ2n) is 22.1. The van der Waals surface area contributed by atoms with E-state index in [1.807, 2.05) is 6.92 Å². The summed E-state index contributed by atoms with van der Waals surface area (Å²) < 4.78 is 60.2. The monoisotopic (exact) mass is 968 g/mol. The Bertz CT molecular complexity index is 1810. The van der Waals surface area contributed by atoms with Gasteiger partial charge in [0.25, 0.3) is 0 Å². The van der Waals surface area contributed by atoms with E-state index in [0.717, 1.165) is 63.4 Å². The minimum absolute atomic E-state index is 0.0126. The Morgan fingerprint density at radius 1 is 0.706 bits per heavy atom. The van der Waals surface area contributed by atoms with Crippen LogP contribution in [0.1, 0.15) is 119 Å². The van der Waals surface area contributed by atoms with Gasteiger partial charge in [0.15, 0.2) is 25.2 Å². The highest BCUT2D eigenvalue weighted by Gasteiger charge is 2.68. The summed E-state index contributed by atoms with van der Waals surface area (Å²) >= 11 is 0. The van der Waals surface area contributed by atoms with Crippen molar-refractivity contribution in [2.24, 2.45) is 34.5 Å². The molecule has 0 aromatic carbocycles. The molecule has 5 aliphatic heterocycles. The number of carbonyl (C=O) groups is 2. The first-order valence-electron chi connectivity index (χ1n) is 25.2. The van der Waals surface area contributed by atoms with Crippen LogP contribution in [0.4, 0.5) is 0 Å². The summed E-state index contributed by atoms with van der Waals surface area (Å²) in [6.45, 7) is 10.8. The van der Waals surface area contributed by atoms with Crippen LogP contribution in [0.5, 0.6) is 0 Å². The van der Waals surface area contributed by atoms with Crippen LogP contribution in [0.3, 0.4) is 0 Å². The number of rotatable bonds is 11. The lowest BCUT2D eigenvalue weighted by Crippen LogP contribution is -2.62. The first-order chi connectivity index (χ1) is 32.2. The average Bonchev–Trinajstić information content (AvgIpc) is 3.83. The lowest BCUT2D eigenvalue weighted by atomic mass is 9.43. The van der Waals surface area contributed by atoms with Crippen molar-refractivity contribution >= 4 is 11.9 Å². The number of aliphatic hydroxyl groups is 7. The Balaban J connectivity index is 0.746. The molecule has 0 amide bonds. The van der Waals surface area contributed by atoms with E-state index < -0.39 is 123 Å². The zero-order chi connectivity index (χ0) is 48.6. The normalized spacial score (nSPS) is 52.8. The molecule has 9 aliphatic rings. The van der Waals surface area contributed by atoms with Gasteiger partial charge < -0.3 is 83.1 Å². The molecule has 4 saturated carbocycles. The SMILES string of the molecule is CC(=O)OC1CC(OC2C(O)CC(OC3C(O)CC(OC4CCC5(C)C(CC[C@@H]6[C@@H]5CCC5(C)C(C7=CC(=O)OC7)CCC65O)C4)OC3C)OC2C)OC(C)C1OC1OC(CO)C(O)C(O)C1O. The van der Waals surface area contributed by atoms with Crippen molar-refractivity contribution in [3.63, 3.8) is 0 Å². The molecule has 5 heterocycles. The lowest BCUT2D eigenvalue weighted by Gasteiger charge is -2.64. The van der Waals surface area contributed by atoms with E-state index in [4.69, 9.17) is 47.4 Å².